The predicted molar refractivity (Wildman–Crippen MR) is 128 cm³/mol. The molecule has 0 spiro atoms. The van der Waals surface area contributed by atoms with Crippen molar-refractivity contribution in [3.63, 3.8) is 0 Å². The van der Waals surface area contributed by atoms with Crippen LogP contribution < -0.4 is 10.6 Å². The molecule has 0 saturated heterocycles. The highest BCUT2D eigenvalue weighted by atomic mass is 16.2. The average molecular weight is 443 g/mol. The van der Waals surface area contributed by atoms with Crippen molar-refractivity contribution < 1.29 is 9.59 Å². The normalized spacial score (nSPS) is 10.8. The number of amides is 2. The SMILES string of the molecule is CC(=O)Nc1cc(C(=O)Nc2c(C)nn(CCc3ccccc3)c2C)nn1-c1ccccc1. The van der Waals surface area contributed by atoms with Gasteiger partial charge >= 0.3 is 0 Å². The van der Waals surface area contributed by atoms with Gasteiger partial charge in [-0.15, -0.1) is 0 Å². The molecule has 8 heteroatoms. The first-order valence-corrected chi connectivity index (χ1v) is 10.7. The number of anilines is 2. The standard InChI is InChI=1S/C25H26N6O2/c1-17-24(18(2)30(28-17)15-14-20-10-6-4-7-11-20)27-25(33)22-16-23(26-19(3)32)31(29-22)21-12-8-5-9-13-21/h4-13,16H,14-15H2,1-3H3,(H,26,32)(H,27,33). The van der Waals surface area contributed by atoms with Gasteiger partial charge in [0.2, 0.25) is 5.91 Å². The fourth-order valence-corrected chi connectivity index (χ4v) is 3.68. The van der Waals surface area contributed by atoms with Gasteiger partial charge in [-0.25, -0.2) is 4.68 Å². The lowest BCUT2D eigenvalue weighted by Crippen LogP contribution is -2.14. The fraction of sp³-hybridized carbons (Fsp3) is 0.200. The van der Waals surface area contributed by atoms with Gasteiger partial charge in [0, 0.05) is 19.5 Å². The van der Waals surface area contributed by atoms with E-state index in [9.17, 15) is 9.59 Å². The minimum absolute atomic E-state index is 0.193. The van der Waals surface area contributed by atoms with Gasteiger partial charge in [0.25, 0.3) is 5.91 Å². The molecule has 0 unspecified atom stereocenters. The van der Waals surface area contributed by atoms with Crippen molar-refractivity contribution in [2.45, 2.75) is 33.7 Å². The zero-order chi connectivity index (χ0) is 23.4. The first-order chi connectivity index (χ1) is 15.9. The molecule has 2 aromatic heterocycles. The van der Waals surface area contributed by atoms with Crippen LogP contribution in [0.1, 0.15) is 34.4 Å². The molecule has 0 radical (unpaired) electrons. The molecule has 33 heavy (non-hydrogen) atoms. The van der Waals surface area contributed by atoms with Crippen LogP contribution in [0.15, 0.2) is 66.7 Å². The summed E-state index contributed by atoms with van der Waals surface area (Å²) in [5.41, 5.74) is 4.44. The number of benzene rings is 2. The summed E-state index contributed by atoms with van der Waals surface area (Å²) in [5, 5.41) is 14.7. The van der Waals surface area contributed by atoms with Crippen LogP contribution in [0.2, 0.25) is 0 Å². The van der Waals surface area contributed by atoms with Gasteiger partial charge in [-0.1, -0.05) is 48.5 Å². The second kappa shape index (κ2) is 9.52. The third kappa shape index (κ3) is 5.01. The Kier molecular flexibility index (Phi) is 6.35. The first kappa shape index (κ1) is 22.0. The third-order valence-electron chi connectivity index (χ3n) is 5.32. The smallest absolute Gasteiger partial charge is 0.276 e. The Hall–Kier alpha value is -4.20. The molecule has 4 rings (SSSR count). The van der Waals surface area contributed by atoms with Crippen LogP contribution in [0, 0.1) is 13.8 Å². The third-order valence-corrected chi connectivity index (χ3v) is 5.32. The van der Waals surface area contributed by atoms with E-state index in [0.717, 1.165) is 23.5 Å². The number of aromatic nitrogens is 4. The number of nitrogens with zero attached hydrogens (tertiary/aromatic N) is 4. The Morgan fingerprint density at radius 3 is 2.24 bits per heavy atom. The van der Waals surface area contributed by atoms with Crippen LogP contribution in [0.5, 0.6) is 0 Å². The van der Waals surface area contributed by atoms with E-state index < -0.39 is 0 Å². The van der Waals surface area contributed by atoms with Gasteiger partial charge in [0.1, 0.15) is 5.82 Å². The van der Waals surface area contributed by atoms with Crippen molar-refractivity contribution in [3.8, 4) is 5.69 Å². The van der Waals surface area contributed by atoms with Crippen LogP contribution in [0.4, 0.5) is 11.5 Å². The summed E-state index contributed by atoms with van der Waals surface area (Å²) in [6.45, 7) is 5.93. The summed E-state index contributed by atoms with van der Waals surface area (Å²) in [7, 11) is 0. The Bertz CT molecular complexity index is 1280. The number of nitrogens with one attached hydrogen (secondary N) is 2. The second-order valence-electron chi connectivity index (χ2n) is 7.80. The number of hydrogen-bond donors (Lipinski definition) is 2. The maximum Gasteiger partial charge on any atom is 0.276 e. The topological polar surface area (TPSA) is 93.8 Å². The summed E-state index contributed by atoms with van der Waals surface area (Å²) in [5.74, 6) is -0.193. The highest BCUT2D eigenvalue weighted by Crippen LogP contribution is 2.22. The maximum atomic E-state index is 13.1. The van der Waals surface area contributed by atoms with E-state index in [-0.39, 0.29) is 17.5 Å². The molecular formula is C25H26N6O2. The van der Waals surface area contributed by atoms with E-state index in [0.29, 0.717) is 18.1 Å². The zero-order valence-corrected chi connectivity index (χ0v) is 18.9. The number of carbonyl (C=O) groups is 2. The zero-order valence-electron chi connectivity index (χ0n) is 18.9. The highest BCUT2D eigenvalue weighted by molar-refractivity contribution is 6.04. The van der Waals surface area contributed by atoms with Crippen molar-refractivity contribution in [2.24, 2.45) is 0 Å². The molecule has 0 aliphatic carbocycles. The molecule has 0 saturated carbocycles. The molecule has 0 atom stereocenters. The highest BCUT2D eigenvalue weighted by Gasteiger charge is 2.20. The molecule has 2 amide bonds. The molecule has 2 N–H and O–H groups in total. The minimum Gasteiger partial charge on any atom is -0.317 e. The van der Waals surface area contributed by atoms with Crippen molar-refractivity contribution in [1.82, 2.24) is 19.6 Å². The average Bonchev–Trinajstić information content (AvgIpc) is 3.34. The number of rotatable bonds is 7. The predicted octanol–water partition coefficient (Wildman–Crippen LogP) is 4.14. The Morgan fingerprint density at radius 2 is 1.58 bits per heavy atom. The largest absolute Gasteiger partial charge is 0.317 e. The summed E-state index contributed by atoms with van der Waals surface area (Å²) in [6, 6.07) is 21.1. The molecule has 168 valence electrons. The van der Waals surface area contributed by atoms with Crippen molar-refractivity contribution in [3.05, 3.63) is 89.4 Å². The molecule has 2 aromatic carbocycles. The molecule has 8 nitrogen and oxygen atoms in total. The number of para-hydroxylation sites is 1. The summed E-state index contributed by atoms with van der Waals surface area (Å²) in [4.78, 5) is 24.7. The molecule has 4 aromatic rings. The van der Waals surface area contributed by atoms with E-state index in [1.807, 2.05) is 67.1 Å². The lowest BCUT2D eigenvalue weighted by atomic mass is 10.1. The van der Waals surface area contributed by atoms with Crippen LogP contribution in [-0.2, 0) is 17.8 Å². The maximum absolute atomic E-state index is 13.1. The van der Waals surface area contributed by atoms with Gasteiger partial charge in [-0.2, -0.15) is 10.2 Å². The number of aryl methyl sites for hydroxylation is 3. The number of carbonyl (C=O) groups excluding carboxylic acids is 2. The minimum atomic E-state index is -0.370. The van der Waals surface area contributed by atoms with Gasteiger partial charge < -0.3 is 10.6 Å². The van der Waals surface area contributed by atoms with E-state index in [2.05, 4.69) is 33.0 Å². The van der Waals surface area contributed by atoms with Crippen LogP contribution in [0.25, 0.3) is 5.69 Å². The van der Waals surface area contributed by atoms with Crippen molar-refractivity contribution in [2.75, 3.05) is 10.6 Å². The summed E-state index contributed by atoms with van der Waals surface area (Å²) in [6.07, 6.45) is 0.845. The van der Waals surface area contributed by atoms with Crippen LogP contribution in [0.3, 0.4) is 0 Å². The number of hydrogen-bond acceptors (Lipinski definition) is 4. The Morgan fingerprint density at radius 1 is 0.909 bits per heavy atom. The van der Waals surface area contributed by atoms with Crippen molar-refractivity contribution in [1.29, 1.82) is 0 Å². The molecule has 0 aliphatic rings. The van der Waals surface area contributed by atoms with E-state index in [1.54, 1.807) is 10.7 Å². The quantitative estimate of drug-likeness (QED) is 0.450. The van der Waals surface area contributed by atoms with E-state index in [4.69, 9.17) is 0 Å². The molecule has 2 heterocycles. The van der Waals surface area contributed by atoms with Gasteiger partial charge in [-0.05, 0) is 38.0 Å². The molecule has 0 aliphatic heterocycles. The lowest BCUT2D eigenvalue weighted by molar-refractivity contribution is -0.114. The van der Waals surface area contributed by atoms with Gasteiger partial charge in [0.15, 0.2) is 5.69 Å². The Balaban J connectivity index is 1.55. The van der Waals surface area contributed by atoms with E-state index >= 15 is 0 Å². The molecule has 0 fully saturated rings. The Labute approximate surface area is 192 Å². The second-order valence-corrected chi connectivity index (χ2v) is 7.80. The van der Waals surface area contributed by atoms with Gasteiger partial charge in [-0.3, -0.25) is 14.3 Å². The fourth-order valence-electron chi connectivity index (χ4n) is 3.68. The molecular weight excluding hydrogens is 416 g/mol. The first-order valence-electron chi connectivity index (χ1n) is 10.7. The van der Waals surface area contributed by atoms with Crippen LogP contribution >= 0.6 is 0 Å². The van der Waals surface area contributed by atoms with Gasteiger partial charge in [0.05, 0.1) is 22.8 Å². The lowest BCUT2D eigenvalue weighted by Gasteiger charge is -2.07. The molecule has 0 bridgehead atoms. The summed E-state index contributed by atoms with van der Waals surface area (Å²) >= 11 is 0. The monoisotopic (exact) mass is 442 g/mol. The van der Waals surface area contributed by atoms with E-state index in [1.165, 1.54) is 12.5 Å². The summed E-state index contributed by atoms with van der Waals surface area (Å²) < 4.78 is 3.45. The van der Waals surface area contributed by atoms with Crippen LogP contribution in [-0.4, -0.2) is 31.4 Å². The van der Waals surface area contributed by atoms with Crippen molar-refractivity contribution >= 4 is 23.3 Å².